The smallest absolute Gasteiger partial charge is 0.258 e. The minimum Gasteiger partial charge on any atom is -0.258 e. The number of hydrogen-bond acceptors (Lipinski definition) is 6. The lowest BCUT2D eigenvalue weighted by atomic mass is 10.2. The summed E-state index contributed by atoms with van der Waals surface area (Å²) in [5, 5.41) is 14.8. The molecule has 0 aliphatic heterocycles. The first kappa shape index (κ1) is 12.9. The van der Waals surface area contributed by atoms with Gasteiger partial charge in [0.25, 0.3) is 5.69 Å². The first-order valence-corrected chi connectivity index (χ1v) is 6.08. The highest BCUT2D eigenvalue weighted by Gasteiger charge is 2.06. The van der Waals surface area contributed by atoms with E-state index in [9.17, 15) is 10.1 Å². The molecule has 21 heavy (non-hydrogen) atoms. The normalized spacial score (nSPS) is 11.3. The molecule has 1 aromatic carbocycles. The van der Waals surface area contributed by atoms with E-state index in [1.165, 1.54) is 23.1 Å². The van der Waals surface area contributed by atoms with Gasteiger partial charge in [-0.05, 0) is 24.6 Å². The van der Waals surface area contributed by atoms with Gasteiger partial charge in [-0.15, -0.1) is 0 Å². The maximum atomic E-state index is 10.6. The van der Waals surface area contributed by atoms with Gasteiger partial charge in [0.05, 0.1) is 16.8 Å². The summed E-state index contributed by atoms with van der Waals surface area (Å²) in [6, 6.07) is 6.11. The van der Waals surface area contributed by atoms with Crippen LogP contribution in [0.4, 0.5) is 5.69 Å². The fourth-order valence-corrected chi connectivity index (χ4v) is 1.84. The van der Waals surface area contributed by atoms with Crippen molar-refractivity contribution in [1.82, 2.24) is 19.6 Å². The van der Waals surface area contributed by atoms with E-state index in [-0.39, 0.29) is 5.69 Å². The Hall–Kier alpha value is -3.16. The molecule has 3 rings (SSSR count). The highest BCUT2D eigenvalue weighted by molar-refractivity contribution is 5.81. The van der Waals surface area contributed by atoms with E-state index in [4.69, 9.17) is 0 Å². The number of non-ortho nitro benzene ring substituents is 1. The number of fused-ring (bicyclic) bond motifs is 1. The molecular weight excluding hydrogens is 272 g/mol. The van der Waals surface area contributed by atoms with Gasteiger partial charge in [-0.2, -0.15) is 5.10 Å². The Bertz CT molecular complexity index is 837. The number of benzene rings is 1. The van der Waals surface area contributed by atoms with Crippen LogP contribution in [0.1, 0.15) is 11.3 Å². The van der Waals surface area contributed by atoms with E-state index in [1.807, 2.05) is 6.92 Å². The van der Waals surface area contributed by atoms with Crippen molar-refractivity contribution in [2.75, 3.05) is 0 Å². The molecule has 0 unspecified atom stereocenters. The highest BCUT2D eigenvalue weighted by atomic mass is 16.6. The molecule has 8 heteroatoms. The van der Waals surface area contributed by atoms with Gasteiger partial charge in [0.15, 0.2) is 5.65 Å². The fraction of sp³-hybridized carbons (Fsp3) is 0.0769. The Morgan fingerprint density at radius 1 is 1.24 bits per heavy atom. The van der Waals surface area contributed by atoms with Crippen molar-refractivity contribution >= 4 is 23.1 Å². The van der Waals surface area contributed by atoms with Gasteiger partial charge in [0.1, 0.15) is 18.2 Å². The van der Waals surface area contributed by atoms with Crippen molar-refractivity contribution in [3.8, 4) is 0 Å². The average molecular weight is 282 g/mol. The lowest BCUT2D eigenvalue weighted by Crippen LogP contribution is -1.93. The molecule has 0 amide bonds. The van der Waals surface area contributed by atoms with Gasteiger partial charge in [0.2, 0.25) is 0 Å². The number of aryl methyl sites for hydroxylation is 1. The van der Waals surface area contributed by atoms with Crippen LogP contribution in [-0.2, 0) is 0 Å². The van der Waals surface area contributed by atoms with E-state index >= 15 is 0 Å². The molecule has 0 N–H and O–H groups in total. The molecule has 0 fully saturated rings. The second kappa shape index (κ2) is 5.08. The van der Waals surface area contributed by atoms with Gasteiger partial charge in [-0.25, -0.2) is 19.6 Å². The van der Waals surface area contributed by atoms with Crippen LogP contribution in [-0.4, -0.2) is 30.8 Å². The van der Waals surface area contributed by atoms with E-state index < -0.39 is 4.92 Å². The summed E-state index contributed by atoms with van der Waals surface area (Å²) in [4.78, 5) is 22.5. The molecule has 8 nitrogen and oxygen atoms in total. The van der Waals surface area contributed by atoms with Gasteiger partial charge in [-0.3, -0.25) is 10.1 Å². The third-order valence-electron chi connectivity index (χ3n) is 2.93. The van der Waals surface area contributed by atoms with Crippen LogP contribution in [0.3, 0.4) is 0 Å². The number of aromatic nitrogens is 4. The fourth-order valence-electron chi connectivity index (χ4n) is 1.84. The SMILES string of the molecule is Cc1ncnc2c1ncn2N=Cc1ccc([N+](=O)[O-])cc1. The largest absolute Gasteiger partial charge is 0.269 e. The monoisotopic (exact) mass is 282 g/mol. The Morgan fingerprint density at radius 3 is 2.71 bits per heavy atom. The van der Waals surface area contributed by atoms with Crippen LogP contribution >= 0.6 is 0 Å². The molecule has 0 atom stereocenters. The van der Waals surface area contributed by atoms with Crippen molar-refractivity contribution in [2.24, 2.45) is 5.10 Å². The van der Waals surface area contributed by atoms with Crippen molar-refractivity contribution in [2.45, 2.75) is 6.92 Å². The summed E-state index contributed by atoms with van der Waals surface area (Å²) in [5.41, 5.74) is 2.88. The highest BCUT2D eigenvalue weighted by Crippen LogP contribution is 2.13. The second-order valence-electron chi connectivity index (χ2n) is 4.31. The molecule has 0 bridgehead atoms. The van der Waals surface area contributed by atoms with Crippen LogP contribution < -0.4 is 0 Å². The predicted octanol–water partition coefficient (Wildman–Crippen LogP) is 1.93. The summed E-state index contributed by atoms with van der Waals surface area (Å²) in [7, 11) is 0. The van der Waals surface area contributed by atoms with Crippen molar-refractivity contribution in [3.63, 3.8) is 0 Å². The maximum absolute atomic E-state index is 10.6. The first-order chi connectivity index (χ1) is 10.1. The topological polar surface area (TPSA) is 99.1 Å². The van der Waals surface area contributed by atoms with E-state index in [1.54, 1.807) is 24.7 Å². The van der Waals surface area contributed by atoms with E-state index in [0.717, 1.165) is 11.3 Å². The molecule has 0 spiro atoms. The standard InChI is InChI=1S/C13H10N6O2/c1-9-12-13(15-7-14-9)18(8-16-12)17-6-10-2-4-11(5-3-10)19(20)21/h2-8H,1H3. The van der Waals surface area contributed by atoms with Gasteiger partial charge < -0.3 is 0 Å². The summed E-state index contributed by atoms with van der Waals surface area (Å²) in [6.07, 6.45) is 4.59. The Morgan fingerprint density at radius 2 is 2.00 bits per heavy atom. The number of rotatable bonds is 3. The number of imidazole rings is 1. The number of nitrogens with zero attached hydrogens (tertiary/aromatic N) is 6. The van der Waals surface area contributed by atoms with Gasteiger partial charge in [0, 0.05) is 12.1 Å². The Kier molecular flexibility index (Phi) is 3.11. The third-order valence-corrected chi connectivity index (χ3v) is 2.93. The molecule has 0 saturated heterocycles. The second-order valence-corrected chi connectivity index (χ2v) is 4.31. The van der Waals surface area contributed by atoms with Crippen LogP contribution in [0.15, 0.2) is 42.0 Å². The zero-order valence-corrected chi connectivity index (χ0v) is 11.0. The minimum atomic E-state index is -0.440. The third kappa shape index (κ3) is 2.46. The molecule has 0 aliphatic rings. The molecule has 3 aromatic rings. The lowest BCUT2D eigenvalue weighted by Gasteiger charge is -1.96. The van der Waals surface area contributed by atoms with Crippen LogP contribution in [0.5, 0.6) is 0 Å². The summed E-state index contributed by atoms with van der Waals surface area (Å²) in [5.74, 6) is 0. The predicted molar refractivity (Wildman–Crippen MR) is 76.1 cm³/mol. The maximum Gasteiger partial charge on any atom is 0.269 e. The minimum absolute atomic E-state index is 0.0450. The van der Waals surface area contributed by atoms with Gasteiger partial charge >= 0.3 is 0 Å². The Balaban J connectivity index is 1.91. The number of nitro groups is 1. The van der Waals surface area contributed by atoms with Crippen LogP contribution in [0.25, 0.3) is 11.2 Å². The summed E-state index contributed by atoms with van der Waals surface area (Å²) < 4.78 is 1.53. The summed E-state index contributed by atoms with van der Waals surface area (Å²) in [6.45, 7) is 1.85. The van der Waals surface area contributed by atoms with Crippen LogP contribution in [0, 0.1) is 17.0 Å². The molecule has 2 heterocycles. The average Bonchev–Trinajstić information content (AvgIpc) is 2.90. The van der Waals surface area contributed by atoms with Crippen LogP contribution in [0.2, 0.25) is 0 Å². The zero-order valence-electron chi connectivity index (χ0n) is 11.0. The molecule has 104 valence electrons. The van der Waals surface area contributed by atoms with Crippen molar-refractivity contribution in [1.29, 1.82) is 0 Å². The molecule has 0 saturated carbocycles. The first-order valence-electron chi connectivity index (χ1n) is 6.08. The lowest BCUT2D eigenvalue weighted by molar-refractivity contribution is -0.384. The summed E-state index contributed by atoms with van der Waals surface area (Å²) >= 11 is 0. The number of nitro benzene ring substituents is 1. The molecule has 0 aliphatic carbocycles. The van der Waals surface area contributed by atoms with E-state index in [0.29, 0.717) is 11.2 Å². The van der Waals surface area contributed by atoms with E-state index in [2.05, 4.69) is 20.1 Å². The molecule has 0 radical (unpaired) electrons. The quantitative estimate of drug-likeness (QED) is 0.415. The number of hydrogen-bond donors (Lipinski definition) is 0. The molecular formula is C13H10N6O2. The molecule has 2 aromatic heterocycles. The van der Waals surface area contributed by atoms with Crippen molar-refractivity contribution < 1.29 is 4.92 Å². The zero-order chi connectivity index (χ0) is 14.8. The Labute approximate surface area is 118 Å². The van der Waals surface area contributed by atoms with Gasteiger partial charge in [-0.1, -0.05) is 0 Å². The van der Waals surface area contributed by atoms with Crippen molar-refractivity contribution in [3.05, 3.63) is 58.3 Å².